The van der Waals surface area contributed by atoms with Gasteiger partial charge in [-0.2, -0.15) is 0 Å². The maximum atomic E-state index is 10.7. The van der Waals surface area contributed by atoms with Crippen molar-refractivity contribution in [3.63, 3.8) is 0 Å². The van der Waals surface area contributed by atoms with Crippen LogP contribution in [-0.2, 0) is 4.79 Å². The summed E-state index contributed by atoms with van der Waals surface area (Å²) in [5.41, 5.74) is 0. The molecule has 0 heterocycles. The van der Waals surface area contributed by atoms with E-state index in [0.717, 1.165) is 19.4 Å². The van der Waals surface area contributed by atoms with Gasteiger partial charge >= 0.3 is 5.97 Å². The molecule has 0 spiro atoms. The zero-order chi connectivity index (χ0) is 10.6. The monoisotopic (exact) mass is 199 g/mol. The van der Waals surface area contributed by atoms with Crippen LogP contribution in [0.25, 0.3) is 0 Å². The zero-order valence-electron chi connectivity index (χ0n) is 9.20. The minimum absolute atomic E-state index is 0.223. The summed E-state index contributed by atoms with van der Waals surface area (Å²) in [6.45, 7) is 5.55. The molecule has 1 rings (SSSR count). The Morgan fingerprint density at radius 1 is 1.43 bits per heavy atom. The Balaban J connectivity index is 2.37. The summed E-state index contributed by atoms with van der Waals surface area (Å²) in [4.78, 5) is 12.8. The molecule has 1 aliphatic rings. The molecule has 14 heavy (non-hydrogen) atoms. The van der Waals surface area contributed by atoms with Crippen molar-refractivity contribution in [2.45, 2.75) is 45.6 Å². The molecule has 3 heteroatoms. The van der Waals surface area contributed by atoms with E-state index in [4.69, 9.17) is 5.11 Å². The van der Waals surface area contributed by atoms with Gasteiger partial charge in [0.05, 0.1) is 6.54 Å². The number of rotatable bonds is 7. The van der Waals surface area contributed by atoms with Crippen molar-refractivity contribution in [1.29, 1.82) is 0 Å². The molecule has 0 saturated heterocycles. The van der Waals surface area contributed by atoms with Crippen molar-refractivity contribution in [2.75, 3.05) is 13.1 Å². The fraction of sp³-hybridized carbons (Fsp3) is 0.909. The first-order valence-corrected chi connectivity index (χ1v) is 5.63. The normalized spacial score (nSPS) is 16.6. The first-order chi connectivity index (χ1) is 6.67. The minimum atomic E-state index is -0.692. The van der Waals surface area contributed by atoms with Crippen LogP contribution in [0.1, 0.15) is 39.5 Å². The summed E-state index contributed by atoms with van der Waals surface area (Å²) in [6.07, 6.45) is 4.68. The number of carboxylic acid groups (broad SMARTS) is 1. The highest BCUT2D eigenvalue weighted by molar-refractivity contribution is 5.69. The van der Waals surface area contributed by atoms with Crippen LogP contribution in [0.2, 0.25) is 0 Å². The number of aliphatic carboxylic acids is 1. The van der Waals surface area contributed by atoms with Crippen molar-refractivity contribution in [3.05, 3.63) is 0 Å². The fourth-order valence-electron chi connectivity index (χ4n) is 1.83. The van der Waals surface area contributed by atoms with Gasteiger partial charge in [0.1, 0.15) is 0 Å². The Morgan fingerprint density at radius 3 is 2.36 bits per heavy atom. The molecular weight excluding hydrogens is 178 g/mol. The topological polar surface area (TPSA) is 40.5 Å². The molecule has 0 aromatic carbocycles. The number of hydrogen-bond donors (Lipinski definition) is 1. The third-order valence-corrected chi connectivity index (χ3v) is 3.05. The predicted octanol–water partition coefficient (Wildman–Crippen LogP) is 1.97. The quantitative estimate of drug-likeness (QED) is 0.681. The number of nitrogens with zero attached hydrogens (tertiary/aromatic N) is 1. The smallest absolute Gasteiger partial charge is 0.317 e. The summed E-state index contributed by atoms with van der Waals surface area (Å²) in [5, 5.41) is 8.78. The molecule has 0 aromatic rings. The van der Waals surface area contributed by atoms with Gasteiger partial charge in [0.2, 0.25) is 0 Å². The van der Waals surface area contributed by atoms with Crippen LogP contribution in [-0.4, -0.2) is 35.1 Å². The summed E-state index contributed by atoms with van der Waals surface area (Å²) in [7, 11) is 0. The average Bonchev–Trinajstić information content (AvgIpc) is 2.94. The van der Waals surface area contributed by atoms with E-state index in [-0.39, 0.29) is 6.54 Å². The van der Waals surface area contributed by atoms with Gasteiger partial charge in [0.25, 0.3) is 0 Å². The summed E-state index contributed by atoms with van der Waals surface area (Å²) < 4.78 is 0. The molecule has 0 bridgehead atoms. The molecule has 0 unspecified atom stereocenters. The molecule has 1 N–H and O–H groups in total. The first kappa shape index (κ1) is 11.5. The lowest BCUT2D eigenvalue weighted by Crippen LogP contribution is -2.35. The maximum absolute atomic E-state index is 10.7. The van der Waals surface area contributed by atoms with E-state index < -0.39 is 5.97 Å². The van der Waals surface area contributed by atoms with E-state index in [1.807, 2.05) is 0 Å². The highest BCUT2D eigenvalue weighted by Gasteiger charge is 2.31. The zero-order valence-corrected chi connectivity index (χ0v) is 9.20. The van der Waals surface area contributed by atoms with Crippen LogP contribution in [0.15, 0.2) is 0 Å². The first-order valence-electron chi connectivity index (χ1n) is 5.63. The van der Waals surface area contributed by atoms with Crippen molar-refractivity contribution < 1.29 is 9.90 Å². The van der Waals surface area contributed by atoms with Crippen LogP contribution in [0, 0.1) is 5.92 Å². The average molecular weight is 199 g/mol. The molecule has 3 nitrogen and oxygen atoms in total. The number of carbonyl (C=O) groups is 1. The largest absolute Gasteiger partial charge is 0.480 e. The lowest BCUT2D eigenvalue weighted by atomic mass is 10.0. The lowest BCUT2D eigenvalue weighted by molar-refractivity contribution is -0.138. The Morgan fingerprint density at radius 2 is 2.00 bits per heavy atom. The Labute approximate surface area is 86.1 Å². The molecule has 0 amide bonds. The second-order valence-corrected chi connectivity index (χ2v) is 4.24. The van der Waals surface area contributed by atoms with Crippen molar-refractivity contribution in [3.8, 4) is 0 Å². The van der Waals surface area contributed by atoms with E-state index in [1.165, 1.54) is 12.8 Å². The Bertz CT molecular complexity index is 186. The SMILES string of the molecule is CCC(CC)CN(CC(=O)O)C1CC1. The molecule has 0 aliphatic heterocycles. The summed E-state index contributed by atoms with van der Waals surface area (Å²) >= 11 is 0. The van der Waals surface area contributed by atoms with Gasteiger partial charge in [-0.25, -0.2) is 0 Å². The van der Waals surface area contributed by atoms with E-state index in [9.17, 15) is 4.79 Å². The minimum Gasteiger partial charge on any atom is -0.480 e. The standard InChI is InChI=1S/C11H21NO2/c1-3-9(4-2)7-12(8-11(13)14)10-5-6-10/h9-10H,3-8H2,1-2H3,(H,13,14). The van der Waals surface area contributed by atoms with E-state index in [2.05, 4.69) is 18.7 Å². The van der Waals surface area contributed by atoms with Crippen molar-refractivity contribution in [1.82, 2.24) is 4.90 Å². The second kappa shape index (κ2) is 5.35. The molecule has 0 aromatic heterocycles. The summed E-state index contributed by atoms with van der Waals surface area (Å²) in [6, 6.07) is 0.562. The van der Waals surface area contributed by atoms with Gasteiger partial charge in [-0.3, -0.25) is 9.69 Å². The van der Waals surface area contributed by atoms with Gasteiger partial charge in [0, 0.05) is 12.6 Å². The van der Waals surface area contributed by atoms with Gasteiger partial charge in [-0.15, -0.1) is 0 Å². The molecule has 82 valence electrons. The highest BCUT2D eigenvalue weighted by Crippen LogP contribution is 2.28. The third-order valence-electron chi connectivity index (χ3n) is 3.05. The number of carboxylic acids is 1. The second-order valence-electron chi connectivity index (χ2n) is 4.24. The van der Waals surface area contributed by atoms with Crippen molar-refractivity contribution >= 4 is 5.97 Å². The van der Waals surface area contributed by atoms with E-state index >= 15 is 0 Å². The maximum Gasteiger partial charge on any atom is 0.317 e. The van der Waals surface area contributed by atoms with Crippen LogP contribution in [0.4, 0.5) is 0 Å². The van der Waals surface area contributed by atoms with Gasteiger partial charge in [-0.05, 0) is 18.8 Å². The Kier molecular flexibility index (Phi) is 4.39. The van der Waals surface area contributed by atoms with E-state index in [0.29, 0.717) is 12.0 Å². The molecule has 0 radical (unpaired) electrons. The van der Waals surface area contributed by atoms with E-state index in [1.54, 1.807) is 0 Å². The van der Waals surface area contributed by atoms with Gasteiger partial charge in [-0.1, -0.05) is 26.7 Å². The number of hydrogen-bond acceptors (Lipinski definition) is 2. The Hall–Kier alpha value is -0.570. The van der Waals surface area contributed by atoms with Crippen molar-refractivity contribution in [2.24, 2.45) is 5.92 Å². The van der Waals surface area contributed by atoms with Gasteiger partial charge < -0.3 is 5.11 Å². The fourth-order valence-corrected chi connectivity index (χ4v) is 1.83. The molecule has 1 saturated carbocycles. The molecule has 1 aliphatic carbocycles. The lowest BCUT2D eigenvalue weighted by Gasteiger charge is -2.24. The molecule has 0 atom stereocenters. The predicted molar refractivity (Wildman–Crippen MR) is 56.3 cm³/mol. The highest BCUT2D eigenvalue weighted by atomic mass is 16.4. The van der Waals surface area contributed by atoms with Crippen LogP contribution < -0.4 is 0 Å². The molecule has 1 fully saturated rings. The third kappa shape index (κ3) is 3.66. The van der Waals surface area contributed by atoms with Crippen LogP contribution >= 0.6 is 0 Å². The van der Waals surface area contributed by atoms with Gasteiger partial charge in [0.15, 0.2) is 0 Å². The van der Waals surface area contributed by atoms with Crippen LogP contribution in [0.5, 0.6) is 0 Å². The molecular formula is C11H21NO2. The van der Waals surface area contributed by atoms with Crippen LogP contribution in [0.3, 0.4) is 0 Å². The summed E-state index contributed by atoms with van der Waals surface area (Å²) in [5.74, 6) is -0.0298.